The lowest BCUT2D eigenvalue weighted by Crippen LogP contribution is -2.38. The van der Waals surface area contributed by atoms with Gasteiger partial charge in [-0.1, -0.05) is 13.8 Å². The fourth-order valence-electron chi connectivity index (χ4n) is 3.28. The van der Waals surface area contributed by atoms with Crippen molar-refractivity contribution in [2.45, 2.75) is 46.3 Å². The first kappa shape index (κ1) is 21.3. The Morgan fingerprint density at radius 3 is 2.48 bits per heavy atom. The van der Waals surface area contributed by atoms with Crippen LogP contribution in [-0.4, -0.2) is 41.7 Å². The van der Waals surface area contributed by atoms with Crippen molar-refractivity contribution in [1.82, 2.24) is 9.88 Å². The molecule has 1 saturated heterocycles. The molecule has 1 aliphatic rings. The highest BCUT2D eigenvalue weighted by molar-refractivity contribution is 5.94. The van der Waals surface area contributed by atoms with Crippen LogP contribution in [0.25, 0.3) is 10.9 Å². The van der Waals surface area contributed by atoms with E-state index in [1.54, 1.807) is 19.1 Å². The molecule has 1 aliphatic heterocycles. The van der Waals surface area contributed by atoms with Crippen LogP contribution in [-0.2, 0) is 11.3 Å². The molecule has 0 amide bonds. The summed E-state index contributed by atoms with van der Waals surface area (Å²) in [6.45, 7) is 7.53. The molecule has 0 aliphatic carbocycles. The molecule has 7 heteroatoms. The van der Waals surface area contributed by atoms with Crippen molar-refractivity contribution in [1.29, 1.82) is 0 Å². The second-order valence-electron chi connectivity index (χ2n) is 6.41. The largest absolute Gasteiger partial charge is 0.462 e. The number of esters is 1. The fraction of sp³-hybridized carbons (Fsp3) is 0.550. The fourth-order valence-corrected chi connectivity index (χ4v) is 3.28. The number of ether oxygens (including phenoxy) is 1. The van der Waals surface area contributed by atoms with E-state index in [-0.39, 0.29) is 18.8 Å². The Balaban J connectivity index is 0.00000126. The summed E-state index contributed by atoms with van der Waals surface area (Å²) in [5.74, 6) is -1.54. The lowest BCUT2D eigenvalue weighted by Gasteiger charge is -2.32. The number of hydrogen-bond donors (Lipinski definition) is 1. The van der Waals surface area contributed by atoms with Crippen LogP contribution in [0.3, 0.4) is 0 Å². The van der Waals surface area contributed by atoms with Gasteiger partial charge in [0.05, 0.1) is 18.1 Å². The van der Waals surface area contributed by atoms with Gasteiger partial charge in [-0.15, -0.1) is 0 Å². The minimum Gasteiger partial charge on any atom is -0.462 e. The van der Waals surface area contributed by atoms with Gasteiger partial charge in [0.2, 0.25) is 0 Å². The molecule has 0 unspecified atom stereocenters. The maximum absolute atomic E-state index is 12.7. The number of carbonyl (C=O) groups is 1. The predicted molar refractivity (Wildman–Crippen MR) is 99.7 cm³/mol. The van der Waals surface area contributed by atoms with Gasteiger partial charge in [0, 0.05) is 23.1 Å². The van der Waals surface area contributed by atoms with E-state index >= 15 is 0 Å². The third kappa shape index (κ3) is 5.48. The van der Waals surface area contributed by atoms with Gasteiger partial charge in [-0.3, -0.25) is 4.90 Å². The molecule has 0 spiro atoms. The van der Waals surface area contributed by atoms with E-state index in [0.29, 0.717) is 31.8 Å². The van der Waals surface area contributed by atoms with Gasteiger partial charge >= 0.3 is 12.1 Å². The molecule has 150 valence electrons. The monoisotopic (exact) mass is 384 g/mol. The molecule has 3 rings (SSSR count). The highest BCUT2D eigenvalue weighted by Crippen LogP contribution is 2.34. The molecule has 0 saturated carbocycles. The van der Waals surface area contributed by atoms with Crippen LogP contribution in [0.2, 0.25) is 0 Å². The molecule has 0 atom stereocenters. The number of alkyl halides is 3. The van der Waals surface area contributed by atoms with Crippen molar-refractivity contribution >= 4 is 16.9 Å². The van der Waals surface area contributed by atoms with Crippen LogP contribution in [0.1, 0.15) is 49.7 Å². The first-order valence-corrected chi connectivity index (χ1v) is 9.44. The van der Waals surface area contributed by atoms with Crippen LogP contribution >= 0.6 is 0 Å². The Morgan fingerprint density at radius 1 is 1.22 bits per heavy atom. The van der Waals surface area contributed by atoms with Gasteiger partial charge < -0.3 is 9.72 Å². The van der Waals surface area contributed by atoms with Crippen molar-refractivity contribution in [2.75, 3.05) is 19.7 Å². The number of rotatable bonds is 4. The minimum atomic E-state index is -4.09. The number of carbonyl (C=O) groups excluding carboxylic acids is 1. The molecule has 4 nitrogen and oxygen atoms in total. The van der Waals surface area contributed by atoms with E-state index in [2.05, 4.69) is 4.98 Å². The summed E-state index contributed by atoms with van der Waals surface area (Å²) < 4.78 is 43.2. The topological polar surface area (TPSA) is 45.3 Å². The zero-order valence-electron chi connectivity index (χ0n) is 16.0. The van der Waals surface area contributed by atoms with Crippen molar-refractivity contribution in [2.24, 2.45) is 5.92 Å². The average Bonchev–Trinajstić information content (AvgIpc) is 3.04. The van der Waals surface area contributed by atoms with Crippen LogP contribution in [0.4, 0.5) is 13.2 Å². The number of nitrogens with one attached hydrogen (secondary N) is 1. The van der Waals surface area contributed by atoms with Crippen LogP contribution in [0, 0.1) is 5.92 Å². The average molecular weight is 384 g/mol. The zero-order valence-corrected chi connectivity index (χ0v) is 16.0. The van der Waals surface area contributed by atoms with Crippen molar-refractivity contribution in [3.63, 3.8) is 0 Å². The number of halogens is 3. The van der Waals surface area contributed by atoms with E-state index < -0.39 is 12.1 Å². The number of aromatic nitrogens is 1. The molecule has 2 aromatic rings. The quantitative estimate of drug-likeness (QED) is 0.742. The molecule has 1 aromatic carbocycles. The third-order valence-electron chi connectivity index (χ3n) is 4.63. The second-order valence-corrected chi connectivity index (χ2v) is 6.41. The Bertz CT molecular complexity index is 747. The lowest BCUT2D eigenvalue weighted by molar-refractivity contribution is -0.185. The molecule has 0 bridgehead atoms. The highest BCUT2D eigenvalue weighted by Gasteiger charge is 2.40. The number of nitrogens with zero attached hydrogens (tertiary/aromatic N) is 1. The summed E-state index contributed by atoms with van der Waals surface area (Å²) in [5, 5.41) is 0.894. The van der Waals surface area contributed by atoms with Gasteiger partial charge in [-0.2, -0.15) is 13.2 Å². The SMILES string of the molecule is CC.CCOC(=O)c1ccc2[nH]c(CN3CCC(C(F)(F)F)CC3)cc2c1. The number of hydrogen-bond acceptors (Lipinski definition) is 3. The van der Waals surface area contributed by atoms with Gasteiger partial charge in [-0.25, -0.2) is 4.79 Å². The molecule has 2 heterocycles. The molecular weight excluding hydrogens is 357 g/mol. The molecule has 1 aromatic heterocycles. The summed E-state index contributed by atoms with van der Waals surface area (Å²) in [6.07, 6.45) is -3.79. The normalized spacial score (nSPS) is 16.1. The predicted octanol–water partition coefficient (Wildman–Crippen LogP) is 5.15. The summed E-state index contributed by atoms with van der Waals surface area (Å²) in [4.78, 5) is 17.1. The number of likely N-dealkylation sites (tertiary alicyclic amines) is 1. The third-order valence-corrected chi connectivity index (χ3v) is 4.63. The molecular formula is C20H27F3N2O2. The first-order chi connectivity index (χ1) is 12.9. The van der Waals surface area contributed by atoms with Gasteiger partial charge in [0.25, 0.3) is 0 Å². The Kier molecular flexibility index (Phi) is 7.30. The van der Waals surface area contributed by atoms with Gasteiger partial charge in [-0.05, 0) is 57.1 Å². The Morgan fingerprint density at radius 2 is 1.89 bits per heavy atom. The van der Waals surface area contributed by atoms with Crippen molar-refractivity contribution < 1.29 is 22.7 Å². The first-order valence-electron chi connectivity index (χ1n) is 9.44. The Hall–Kier alpha value is -2.02. The summed E-state index contributed by atoms with van der Waals surface area (Å²) >= 11 is 0. The maximum atomic E-state index is 12.7. The highest BCUT2D eigenvalue weighted by atomic mass is 19.4. The van der Waals surface area contributed by atoms with Crippen LogP contribution in [0.15, 0.2) is 24.3 Å². The van der Waals surface area contributed by atoms with Gasteiger partial charge in [0.1, 0.15) is 0 Å². The number of fused-ring (bicyclic) bond motifs is 1. The maximum Gasteiger partial charge on any atom is 0.391 e. The van der Waals surface area contributed by atoms with E-state index in [1.807, 2.05) is 30.9 Å². The zero-order chi connectivity index (χ0) is 20.0. The molecule has 1 N–H and O–H groups in total. The van der Waals surface area contributed by atoms with E-state index in [4.69, 9.17) is 4.74 Å². The smallest absolute Gasteiger partial charge is 0.391 e. The van der Waals surface area contributed by atoms with Gasteiger partial charge in [0.15, 0.2) is 0 Å². The van der Waals surface area contributed by atoms with E-state index in [1.165, 1.54) is 0 Å². The summed E-state index contributed by atoms with van der Waals surface area (Å²) in [5.41, 5.74) is 2.32. The summed E-state index contributed by atoms with van der Waals surface area (Å²) in [7, 11) is 0. The molecule has 27 heavy (non-hydrogen) atoms. The molecule has 0 radical (unpaired) electrons. The number of aromatic amines is 1. The standard InChI is InChI=1S/C18H21F3N2O2.C2H6/c1-2-25-17(24)12-3-4-16-13(9-12)10-15(22-16)11-23-7-5-14(6-8-23)18(19,20)21;1-2/h3-4,9-10,14,22H,2,5-8,11H2,1H3;1-2H3. The number of H-pyrrole nitrogens is 1. The van der Waals surface area contributed by atoms with Crippen molar-refractivity contribution in [3.05, 3.63) is 35.5 Å². The minimum absolute atomic E-state index is 0.150. The van der Waals surface area contributed by atoms with E-state index in [0.717, 1.165) is 16.6 Å². The second kappa shape index (κ2) is 9.26. The van der Waals surface area contributed by atoms with Crippen molar-refractivity contribution in [3.8, 4) is 0 Å². The summed E-state index contributed by atoms with van der Waals surface area (Å²) in [6, 6.07) is 7.23. The number of benzene rings is 1. The number of piperidine rings is 1. The van der Waals surface area contributed by atoms with Crippen LogP contribution in [0.5, 0.6) is 0 Å². The Labute approximate surface area is 157 Å². The molecule has 1 fully saturated rings. The van der Waals surface area contributed by atoms with Crippen LogP contribution < -0.4 is 0 Å². The van der Waals surface area contributed by atoms with E-state index in [9.17, 15) is 18.0 Å². The lowest BCUT2D eigenvalue weighted by atomic mass is 9.96.